The van der Waals surface area contributed by atoms with Crippen LogP contribution in [0.2, 0.25) is 0 Å². The van der Waals surface area contributed by atoms with Crippen LogP contribution in [0, 0.1) is 6.92 Å². The van der Waals surface area contributed by atoms with Gasteiger partial charge in [-0.25, -0.2) is 8.42 Å². The molecular formula is C11H18N2O2S2. The average molecular weight is 274 g/mol. The molecule has 17 heavy (non-hydrogen) atoms. The maximum absolute atomic E-state index is 12.4. The molecule has 96 valence electrons. The SMILES string of the molecule is Cc1ccc(S(=O)(=O)N2CCNC(C)(C)C2)s1. The Kier molecular flexibility index (Phi) is 3.33. The number of hydrogen-bond donors (Lipinski definition) is 1. The third-order valence-electron chi connectivity index (χ3n) is 2.85. The van der Waals surface area contributed by atoms with Crippen LogP contribution < -0.4 is 5.32 Å². The summed E-state index contributed by atoms with van der Waals surface area (Å²) in [6.45, 7) is 7.74. The summed E-state index contributed by atoms with van der Waals surface area (Å²) in [6.07, 6.45) is 0. The van der Waals surface area contributed by atoms with Crippen LogP contribution in [0.25, 0.3) is 0 Å². The monoisotopic (exact) mass is 274 g/mol. The first-order chi connectivity index (χ1) is 7.81. The fourth-order valence-corrected chi connectivity index (χ4v) is 5.02. The summed E-state index contributed by atoms with van der Waals surface area (Å²) in [5, 5.41) is 3.31. The highest BCUT2D eigenvalue weighted by Crippen LogP contribution is 2.26. The van der Waals surface area contributed by atoms with E-state index >= 15 is 0 Å². The van der Waals surface area contributed by atoms with Crippen molar-refractivity contribution in [2.75, 3.05) is 19.6 Å². The van der Waals surface area contributed by atoms with Crippen molar-refractivity contribution in [1.29, 1.82) is 0 Å². The maximum atomic E-state index is 12.4. The molecular weight excluding hydrogens is 256 g/mol. The number of hydrogen-bond acceptors (Lipinski definition) is 4. The van der Waals surface area contributed by atoms with E-state index in [-0.39, 0.29) is 5.54 Å². The highest BCUT2D eigenvalue weighted by atomic mass is 32.2. The van der Waals surface area contributed by atoms with Gasteiger partial charge in [-0.1, -0.05) is 0 Å². The number of piperazine rings is 1. The summed E-state index contributed by atoms with van der Waals surface area (Å²) in [5.74, 6) is 0. The van der Waals surface area contributed by atoms with Gasteiger partial charge in [-0.3, -0.25) is 0 Å². The van der Waals surface area contributed by atoms with E-state index in [0.29, 0.717) is 23.8 Å². The van der Waals surface area contributed by atoms with Crippen LogP contribution in [-0.2, 0) is 10.0 Å². The first-order valence-electron chi connectivity index (χ1n) is 5.63. The Labute approximate surface area is 107 Å². The van der Waals surface area contributed by atoms with Gasteiger partial charge >= 0.3 is 0 Å². The van der Waals surface area contributed by atoms with E-state index in [1.165, 1.54) is 11.3 Å². The average Bonchev–Trinajstić information content (AvgIpc) is 2.64. The molecule has 2 heterocycles. The van der Waals surface area contributed by atoms with Crippen molar-refractivity contribution < 1.29 is 8.42 Å². The third-order valence-corrected chi connectivity index (χ3v) is 6.16. The minimum Gasteiger partial charge on any atom is -0.309 e. The Morgan fingerprint density at radius 3 is 2.65 bits per heavy atom. The standard InChI is InChI=1S/C11H18N2O2S2/c1-9-4-5-10(16-9)17(14,15)13-7-6-12-11(2,3)8-13/h4-5,12H,6-8H2,1-3H3. The Balaban J connectivity index is 2.27. The summed E-state index contributed by atoms with van der Waals surface area (Å²) in [5.41, 5.74) is -0.155. The van der Waals surface area contributed by atoms with Gasteiger partial charge in [-0.2, -0.15) is 4.31 Å². The highest BCUT2D eigenvalue weighted by molar-refractivity contribution is 7.91. The number of sulfonamides is 1. The van der Waals surface area contributed by atoms with E-state index in [4.69, 9.17) is 0 Å². The lowest BCUT2D eigenvalue weighted by molar-refractivity contribution is 0.234. The van der Waals surface area contributed by atoms with Gasteiger partial charge in [0.1, 0.15) is 4.21 Å². The van der Waals surface area contributed by atoms with Crippen molar-refractivity contribution in [2.24, 2.45) is 0 Å². The molecule has 0 unspecified atom stereocenters. The first-order valence-corrected chi connectivity index (χ1v) is 7.89. The number of nitrogens with one attached hydrogen (secondary N) is 1. The Hall–Kier alpha value is -0.430. The molecule has 0 amide bonds. The highest BCUT2D eigenvalue weighted by Gasteiger charge is 2.34. The second-order valence-electron chi connectivity index (χ2n) is 5.01. The van der Waals surface area contributed by atoms with Gasteiger partial charge in [0.2, 0.25) is 0 Å². The van der Waals surface area contributed by atoms with E-state index in [1.807, 2.05) is 26.8 Å². The van der Waals surface area contributed by atoms with Crippen molar-refractivity contribution in [2.45, 2.75) is 30.5 Å². The minimum atomic E-state index is -3.30. The van der Waals surface area contributed by atoms with Crippen LogP contribution in [0.1, 0.15) is 18.7 Å². The predicted molar refractivity (Wildman–Crippen MR) is 69.9 cm³/mol. The second kappa shape index (κ2) is 4.35. The molecule has 1 aromatic heterocycles. The number of nitrogens with zero attached hydrogens (tertiary/aromatic N) is 1. The molecule has 1 fully saturated rings. The van der Waals surface area contributed by atoms with Gasteiger partial charge in [-0.15, -0.1) is 11.3 Å². The van der Waals surface area contributed by atoms with Crippen LogP contribution in [0.5, 0.6) is 0 Å². The number of rotatable bonds is 2. The fourth-order valence-electron chi connectivity index (χ4n) is 1.98. The zero-order valence-electron chi connectivity index (χ0n) is 10.4. The Morgan fingerprint density at radius 2 is 2.12 bits per heavy atom. The van der Waals surface area contributed by atoms with Gasteiger partial charge in [0.25, 0.3) is 10.0 Å². The Morgan fingerprint density at radius 1 is 1.41 bits per heavy atom. The second-order valence-corrected chi connectivity index (χ2v) is 8.47. The fraction of sp³-hybridized carbons (Fsp3) is 0.636. The first kappa shape index (κ1) is 13.0. The quantitative estimate of drug-likeness (QED) is 0.887. The summed E-state index contributed by atoms with van der Waals surface area (Å²) >= 11 is 1.34. The topological polar surface area (TPSA) is 49.4 Å². The molecule has 1 saturated heterocycles. The van der Waals surface area contributed by atoms with Gasteiger partial charge in [0.15, 0.2) is 0 Å². The maximum Gasteiger partial charge on any atom is 0.252 e. The molecule has 1 aliphatic rings. The minimum absolute atomic E-state index is 0.155. The molecule has 0 aliphatic carbocycles. The van der Waals surface area contributed by atoms with Crippen molar-refractivity contribution in [1.82, 2.24) is 9.62 Å². The molecule has 2 rings (SSSR count). The summed E-state index contributed by atoms with van der Waals surface area (Å²) in [7, 11) is -3.30. The third kappa shape index (κ3) is 2.70. The molecule has 1 aliphatic heterocycles. The van der Waals surface area contributed by atoms with Crippen molar-refractivity contribution in [3.63, 3.8) is 0 Å². The zero-order chi connectivity index (χ0) is 12.7. The van der Waals surface area contributed by atoms with Crippen molar-refractivity contribution >= 4 is 21.4 Å². The zero-order valence-corrected chi connectivity index (χ0v) is 12.0. The van der Waals surface area contributed by atoms with Crippen LogP contribution in [0.15, 0.2) is 16.3 Å². The van der Waals surface area contributed by atoms with E-state index in [2.05, 4.69) is 5.32 Å². The lowest BCUT2D eigenvalue weighted by atomic mass is 10.0. The van der Waals surface area contributed by atoms with E-state index < -0.39 is 10.0 Å². The molecule has 0 bridgehead atoms. The molecule has 0 spiro atoms. The van der Waals surface area contributed by atoms with Crippen molar-refractivity contribution in [3.8, 4) is 0 Å². The summed E-state index contributed by atoms with van der Waals surface area (Å²) < 4.78 is 26.8. The van der Waals surface area contributed by atoms with E-state index in [1.54, 1.807) is 10.4 Å². The molecule has 1 N–H and O–H groups in total. The molecule has 0 radical (unpaired) electrons. The van der Waals surface area contributed by atoms with Crippen LogP contribution in [0.4, 0.5) is 0 Å². The van der Waals surface area contributed by atoms with Gasteiger partial charge < -0.3 is 5.32 Å². The Bertz CT molecular complexity index is 505. The number of thiophene rings is 1. The molecule has 0 aromatic carbocycles. The van der Waals surface area contributed by atoms with Crippen LogP contribution >= 0.6 is 11.3 Å². The van der Waals surface area contributed by atoms with E-state index in [9.17, 15) is 8.42 Å². The lowest BCUT2D eigenvalue weighted by Crippen LogP contribution is -2.58. The smallest absolute Gasteiger partial charge is 0.252 e. The summed E-state index contributed by atoms with van der Waals surface area (Å²) in [4.78, 5) is 1.03. The normalized spacial score (nSPS) is 21.6. The molecule has 4 nitrogen and oxygen atoms in total. The summed E-state index contributed by atoms with van der Waals surface area (Å²) in [6, 6.07) is 3.55. The van der Waals surface area contributed by atoms with Crippen molar-refractivity contribution in [3.05, 3.63) is 17.0 Å². The molecule has 6 heteroatoms. The molecule has 1 aromatic rings. The van der Waals surface area contributed by atoms with Gasteiger partial charge in [0.05, 0.1) is 0 Å². The number of aryl methyl sites for hydroxylation is 1. The predicted octanol–water partition coefficient (Wildman–Crippen LogP) is 1.43. The largest absolute Gasteiger partial charge is 0.309 e. The van der Waals surface area contributed by atoms with Crippen LogP contribution in [0.3, 0.4) is 0 Å². The van der Waals surface area contributed by atoms with Gasteiger partial charge in [-0.05, 0) is 32.9 Å². The van der Waals surface area contributed by atoms with Crippen LogP contribution in [-0.4, -0.2) is 37.9 Å². The van der Waals surface area contributed by atoms with E-state index in [0.717, 1.165) is 4.88 Å². The van der Waals surface area contributed by atoms with Gasteiger partial charge in [0, 0.05) is 30.1 Å². The lowest BCUT2D eigenvalue weighted by Gasteiger charge is -2.37. The molecule has 0 saturated carbocycles. The molecule has 0 atom stereocenters.